The van der Waals surface area contributed by atoms with Gasteiger partial charge >= 0.3 is 0 Å². The number of nitrogens with two attached hydrogens (primary N) is 2. The smallest absolute Gasteiger partial charge is 0.190 e. The minimum absolute atomic E-state index is 0.0910. The molecule has 2 aromatic rings. The van der Waals surface area contributed by atoms with Gasteiger partial charge in [0.25, 0.3) is 0 Å². The summed E-state index contributed by atoms with van der Waals surface area (Å²) >= 11 is 0. The lowest BCUT2D eigenvalue weighted by atomic mass is 10.3. The number of hydrogen-bond acceptors (Lipinski definition) is 4. The van der Waals surface area contributed by atoms with Gasteiger partial charge in [-0.25, -0.2) is 4.39 Å². The number of nitrogen functional groups attached to an aromatic ring is 2. The van der Waals surface area contributed by atoms with E-state index in [2.05, 4.69) is 10.2 Å². The Morgan fingerprint density at radius 2 is 1.64 bits per heavy atom. The highest BCUT2D eigenvalue weighted by Crippen LogP contribution is 2.14. The number of anilines is 2. The molecule has 0 aliphatic heterocycles. The first-order chi connectivity index (χ1) is 6.68. The highest BCUT2D eigenvalue weighted by molar-refractivity contribution is 5.51. The van der Waals surface area contributed by atoms with E-state index >= 15 is 0 Å². The highest BCUT2D eigenvalue weighted by Gasteiger charge is 2.08. The van der Waals surface area contributed by atoms with E-state index in [4.69, 9.17) is 11.5 Å². The summed E-state index contributed by atoms with van der Waals surface area (Å²) in [5, 5.41) is 7.52. The zero-order chi connectivity index (χ0) is 10.1. The van der Waals surface area contributed by atoms with Crippen LogP contribution in [0.1, 0.15) is 0 Å². The standard InChI is InChI=1S/C8H8FN5/c9-5-3-1-2-4-6(5)14-12-7(10)8(11)13-14/h1-4H,(H2,10,12)(H2,11,13). The molecule has 0 saturated carbocycles. The Kier molecular flexibility index (Phi) is 1.81. The number of halogens is 1. The number of hydrogen-bond donors (Lipinski definition) is 2. The molecule has 0 bridgehead atoms. The van der Waals surface area contributed by atoms with Gasteiger partial charge < -0.3 is 11.5 Å². The second kappa shape index (κ2) is 2.99. The van der Waals surface area contributed by atoms with Crippen LogP contribution in [0.15, 0.2) is 24.3 Å². The van der Waals surface area contributed by atoms with Crippen LogP contribution < -0.4 is 11.5 Å². The van der Waals surface area contributed by atoms with E-state index in [1.807, 2.05) is 0 Å². The summed E-state index contributed by atoms with van der Waals surface area (Å²) < 4.78 is 13.2. The Hall–Kier alpha value is -2.11. The highest BCUT2D eigenvalue weighted by atomic mass is 19.1. The maximum atomic E-state index is 13.2. The van der Waals surface area contributed by atoms with Gasteiger partial charge in [0, 0.05) is 0 Å². The van der Waals surface area contributed by atoms with Crippen molar-refractivity contribution in [3.05, 3.63) is 30.1 Å². The summed E-state index contributed by atoms with van der Waals surface area (Å²) in [6.07, 6.45) is 0. The average molecular weight is 193 g/mol. The first-order valence-corrected chi connectivity index (χ1v) is 3.91. The largest absolute Gasteiger partial charge is 0.379 e. The summed E-state index contributed by atoms with van der Waals surface area (Å²) in [5.41, 5.74) is 11.0. The van der Waals surface area contributed by atoms with Gasteiger partial charge in [-0.3, -0.25) is 0 Å². The monoisotopic (exact) mass is 193 g/mol. The van der Waals surface area contributed by atoms with Crippen molar-refractivity contribution in [3.63, 3.8) is 0 Å². The van der Waals surface area contributed by atoms with Crippen molar-refractivity contribution in [2.75, 3.05) is 11.5 Å². The molecule has 1 aromatic carbocycles. The molecule has 2 rings (SSSR count). The van der Waals surface area contributed by atoms with Crippen molar-refractivity contribution in [1.29, 1.82) is 0 Å². The van der Waals surface area contributed by atoms with E-state index in [0.717, 1.165) is 4.80 Å². The normalized spacial score (nSPS) is 10.4. The molecule has 0 amide bonds. The van der Waals surface area contributed by atoms with Crippen molar-refractivity contribution >= 4 is 11.6 Å². The molecule has 72 valence electrons. The van der Waals surface area contributed by atoms with E-state index in [-0.39, 0.29) is 17.3 Å². The first kappa shape index (κ1) is 8.49. The summed E-state index contributed by atoms with van der Waals surface area (Å²) in [5.74, 6) is -0.246. The third-order valence-electron chi connectivity index (χ3n) is 1.74. The predicted octanol–water partition coefficient (Wildman–Crippen LogP) is 0.571. The zero-order valence-electron chi connectivity index (χ0n) is 7.18. The van der Waals surface area contributed by atoms with Crippen LogP contribution in [-0.2, 0) is 0 Å². The Bertz CT molecular complexity index is 445. The topological polar surface area (TPSA) is 82.8 Å². The molecule has 0 spiro atoms. The number of benzene rings is 1. The summed E-state index contributed by atoms with van der Waals surface area (Å²) in [6, 6.07) is 6.10. The van der Waals surface area contributed by atoms with Gasteiger partial charge in [0.15, 0.2) is 17.5 Å². The molecule has 5 nitrogen and oxygen atoms in total. The van der Waals surface area contributed by atoms with Gasteiger partial charge in [0.2, 0.25) is 0 Å². The SMILES string of the molecule is Nc1nn(-c2ccccc2F)nc1N. The van der Waals surface area contributed by atoms with Gasteiger partial charge in [-0.15, -0.1) is 15.0 Å². The second-order valence-electron chi connectivity index (χ2n) is 2.71. The van der Waals surface area contributed by atoms with E-state index in [1.165, 1.54) is 12.1 Å². The van der Waals surface area contributed by atoms with Gasteiger partial charge in [0.05, 0.1) is 0 Å². The van der Waals surface area contributed by atoms with Crippen LogP contribution in [0.5, 0.6) is 0 Å². The maximum absolute atomic E-state index is 13.2. The van der Waals surface area contributed by atoms with E-state index in [9.17, 15) is 4.39 Å². The molecule has 0 aliphatic rings. The van der Waals surface area contributed by atoms with Gasteiger partial charge in [0.1, 0.15) is 5.69 Å². The quantitative estimate of drug-likeness (QED) is 0.693. The Morgan fingerprint density at radius 1 is 1.07 bits per heavy atom. The number of aromatic nitrogens is 3. The Balaban J connectivity index is 2.55. The van der Waals surface area contributed by atoms with Crippen LogP contribution in [0.25, 0.3) is 5.69 Å². The van der Waals surface area contributed by atoms with Crippen LogP contribution in [0.4, 0.5) is 16.0 Å². The molecule has 0 atom stereocenters. The predicted molar refractivity (Wildman–Crippen MR) is 50.1 cm³/mol. The summed E-state index contributed by atoms with van der Waals surface area (Å²) in [7, 11) is 0. The number of nitrogens with zero attached hydrogens (tertiary/aromatic N) is 3. The lowest BCUT2D eigenvalue weighted by Gasteiger charge is -1.98. The van der Waals surface area contributed by atoms with E-state index < -0.39 is 5.82 Å². The molecule has 0 aliphatic carbocycles. The Labute approximate surface area is 79.1 Å². The molecule has 4 N–H and O–H groups in total. The lowest BCUT2D eigenvalue weighted by molar-refractivity contribution is 0.597. The summed E-state index contributed by atoms with van der Waals surface area (Å²) in [6.45, 7) is 0. The molecule has 1 heterocycles. The summed E-state index contributed by atoms with van der Waals surface area (Å²) in [4.78, 5) is 1.07. The molecule has 1 aromatic heterocycles. The van der Waals surface area contributed by atoms with Crippen molar-refractivity contribution in [2.45, 2.75) is 0 Å². The van der Waals surface area contributed by atoms with Gasteiger partial charge in [-0.1, -0.05) is 12.1 Å². The maximum Gasteiger partial charge on any atom is 0.190 e. The van der Waals surface area contributed by atoms with Crippen molar-refractivity contribution in [1.82, 2.24) is 15.0 Å². The van der Waals surface area contributed by atoms with E-state index in [0.29, 0.717) is 0 Å². The van der Waals surface area contributed by atoms with Crippen molar-refractivity contribution < 1.29 is 4.39 Å². The number of para-hydroxylation sites is 1. The average Bonchev–Trinajstić information content (AvgIpc) is 2.48. The molecular formula is C8H8FN5. The second-order valence-corrected chi connectivity index (χ2v) is 2.71. The van der Waals surface area contributed by atoms with E-state index in [1.54, 1.807) is 12.1 Å². The number of rotatable bonds is 1. The lowest BCUT2D eigenvalue weighted by Crippen LogP contribution is -2.02. The minimum atomic E-state index is -0.428. The molecule has 0 radical (unpaired) electrons. The fraction of sp³-hybridized carbons (Fsp3) is 0. The fourth-order valence-corrected chi connectivity index (χ4v) is 1.05. The zero-order valence-corrected chi connectivity index (χ0v) is 7.18. The Morgan fingerprint density at radius 3 is 2.21 bits per heavy atom. The van der Waals surface area contributed by atoms with Crippen LogP contribution in [-0.4, -0.2) is 15.0 Å². The van der Waals surface area contributed by atoms with Gasteiger partial charge in [-0.05, 0) is 12.1 Å². The van der Waals surface area contributed by atoms with Crippen LogP contribution in [0.3, 0.4) is 0 Å². The molecule has 0 fully saturated rings. The molecule has 14 heavy (non-hydrogen) atoms. The van der Waals surface area contributed by atoms with Crippen LogP contribution >= 0.6 is 0 Å². The third-order valence-corrected chi connectivity index (χ3v) is 1.74. The van der Waals surface area contributed by atoms with Crippen LogP contribution in [0, 0.1) is 5.82 Å². The van der Waals surface area contributed by atoms with Crippen LogP contribution in [0.2, 0.25) is 0 Å². The molecule has 0 saturated heterocycles. The third kappa shape index (κ3) is 1.26. The molecule has 6 heteroatoms. The van der Waals surface area contributed by atoms with Crippen molar-refractivity contribution in [3.8, 4) is 5.69 Å². The molecule has 0 unspecified atom stereocenters. The van der Waals surface area contributed by atoms with Crippen molar-refractivity contribution in [2.24, 2.45) is 0 Å². The fourth-order valence-electron chi connectivity index (χ4n) is 1.05. The first-order valence-electron chi connectivity index (χ1n) is 3.91. The molecular weight excluding hydrogens is 185 g/mol. The van der Waals surface area contributed by atoms with Gasteiger partial charge in [-0.2, -0.15) is 0 Å². The minimum Gasteiger partial charge on any atom is -0.379 e.